The van der Waals surface area contributed by atoms with Crippen molar-refractivity contribution in [3.63, 3.8) is 0 Å². The van der Waals surface area contributed by atoms with Crippen LogP contribution in [0.4, 0.5) is 5.69 Å². The van der Waals surface area contributed by atoms with Gasteiger partial charge in [0.15, 0.2) is 0 Å². The van der Waals surface area contributed by atoms with E-state index in [4.69, 9.17) is 5.26 Å². The van der Waals surface area contributed by atoms with E-state index in [9.17, 15) is 4.79 Å². The molecule has 1 heterocycles. The lowest BCUT2D eigenvalue weighted by molar-refractivity contribution is -0.116. The molecule has 1 N–H and O–H groups in total. The van der Waals surface area contributed by atoms with Crippen molar-refractivity contribution in [3.8, 4) is 6.07 Å². The highest BCUT2D eigenvalue weighted by Crippen LogP contribution is 2.09. The van der Waals surface area contributed by atoms with Crippen molar-refractivity contribution in [2.45, 2.75) is 13.0 Å². The summed E-state index contributed by atoms with van der Waals surface area (Å²) in [6.07, 6.45) is 0.417. The molecule has 0 saturated heterocycles. The number of carbonyl (C=O) groups excluding carboxylic acids is 1. The Balaban J connectivity index is 1.75. The average Bonchev–Trinajstić information content (AvgIpc) is 2.99. The van der Waals surface area contributed by atoms with Crippen molar-refractivity contribution in [2.75, 3.05) is 18.9 Å². The third-order valence-electron chi connectivity index (χ3n) is 2.93. The van der Waals surface area contributed by atoms with Crippen LogP contribution in [0.15, 0.2) is 35.2 Å². The summed E-state index contributed by atoms with van der Waals surface area (Å²) < 4.78 is 0. The highest BCUT2D eigenvalue weighted by Gasteiger charge is 2.06. The zero-order chi connectivity index (χ0) is 15.1. The Morgan fingerprint density at radius 2 is 2.19 bits per heavy atom. The first-order valence-corrected chi connectivity index (χ1v) is 7.47. The van der Waals surface area contributed by atoms with Crippen molar-refractivity contribution in [3.05, 3.63) is 46.4 Å². The maximum Gasteiger partial charge on any atom is 0.225 e. The second-order valence-electron chi connectivity index (χ2n) is 4.70. The monoisotopic (exact) mass is 300 g/mol. The van der Waals surface area contributed by atoms with Gasteiger partial charge >= 0.3 is 0 Å². The summed E-state index contributed by atoms with van der Waals surface area (Å²) in [5.74, 6) is -0.0372. The van der Waals surface area contributed by atoms with Crippen molar-refractivity contribution in [1.29, 1.82) is 5.26 Å². The molecule has 0 aliphatic heterocycles. The van der Waals surface area contributed by atoms with Gasteiger partial charge in [-0.15, -0.1) is 11.3 Å². The topological polar surface area (TPSA) is 69.0 Å². The smallest absolute Gasteiger partial charge is 0.225 e. The Labute approximate surface area is 127 Å². The summed E-state index contributed by atoms with van der Waals surface area (Å²) in [7, 11) is 1.97. The van der Waals surface area contributed by atoms with Crippen LogP contribution in [-0.2, 0) is 11.3 Å². The van der Waals surface area contributed by atoms with Gasteiger partial charge in [0.1, 0.15) is 0 Å². The maximum atomic E-state index is 11.9. The van der Waals surface area contributed by atoms with E-state index in [0.29, 0.717) is 24.2 Å². The summed E-state index contributed by atoms with van der Waals surface area (Å²) in [6, 6.07) is 8.88. The van der Waals surface area contributed by atoms with Gasteiger partial charge in [0.25, 0.3) is 0 Å². The molecule has 0 fully saturated rings. The second-order valence-corrected chi connectivity index (χ2v) is 5.42. The van der Waals surface area contributed by atoms with Crippen LogP contribution in [0.2, 0.25) is 0 Å². The molecule has 2 rings (SSSR count). The molecule has 0 radical (unpaired) electrons. The molecule has 108 valence electrons. The quantitative estimate of drug-likeness (QED) is 0.890. The number of thiazole rings is 1. The van der Waals surface area contributed by atoms with Crippen LogP contribution in [0, 0.1) is 11.3 Å². The number of hydrogen-bond acceptors (Lipinski definition) is 5. The van der Waals surface area contributed by atoms with E-state index in [1.54, 1.807) is 41.1 Å². The first-order chi connectivity index (χ1) is 10.2. The van der Waals surface area contributed by atoms with Gasteiger partial charge in [0, 0.05) is 30.6 Å². The molecule has 2 aromatic rings. The van der Waals surface area contributed by atoms with Gasteiger partial charge in [0.2, 0.25) is 5.91 Å². The zero-order valence-corrected chi connectivity index (χ0v) is 12.6. The van der Waals surface area contributed by atoms with Crippen LogP contribution >= 0.6 is 11.3 Å². The van der Waals surface area contributed by atoms with E-state index in [2.05, 4.69) is 15.2 Å². The first kappa shape index (κ1) is 15.2. The van der Waals surface area contributed by atoms with Gasteiger partial charge in [-0.3, -0.25) is 4.79 Å². The van der Waals surface area contributed by atoms with E-state index < -0.39 is 0 Å². The maximum absolute atomic E-state index is 11.9. The highest BCUT2D eigenvalue weighted by molar-refractivity contribution is 7.07. The Kier molecular flexibility index (Phi) is 5.43. The SMILES string of the molecule is CN(CCC(=O)Nc1ccc(C#N)cc1)Cc1cscn1. The summed E-state index contributed by atoms with van der Waals surface area (Å²) >= 11 is 1.57. The number of carbonyl (C=O) groups is 1. The molecule has 0 saturated carbocycles. The van der Waals surface area contributed by atoms with Gasteiger partial charge in [-0.1, -0.05) is 0 Å². The van der Waals surface area contributed by atoms with Crippen molar-refractivity contribution < 1.29 is 4.79 Å². The molecule has 0 bridgehead atoms. The minimum Gasteiger partial charge on any atom is -0.326 e. The van der Waals surface area contributed by atoms with Crippen molar-refractivity contribution in [2.24, 2.45) is 0 Å². The fourth-order valence-corrected chi connectivity index (χ4v) is 2.36. The van der Waals surface area contributed by atoms with Gasteiger partial charge < -0.3 is 10.2 Å². The Hall–Kier alpha value is -2.23. The lowest BCUT2D eigenvalue weighted by atomic mass is 10.2. The first-order valence-electron chi connectivity index (χ1n) is 6.53. The number of nitrogens with zero attached hydrogens (tertiary/aromatic N) is 3. The molecular formula is C15H16N4OS. The molecule has 0 spiro atoms. The van der Waals surface area contributed by atoms with E-state index in [1.165, 1.54) is 0 Å². The van der Waals surface area contributed by atoms with Crippen LogP contribution in [0.1, 0.15) is 17.7 Å². The number of hydrogen-bond donors (Lipinski definition) is 1. The second kappa shape index (κ2) is 7.53. The normalized spacial score (nSPS) is 10.3. The van der Waals surface area contributed by atoms with E-state index in [1.807, 2.05) is 18.5 Å². The summed E-state index contributed by atoms with van der Waals surface area (Å²) in [4.78, 5) is 18.1. The zero-order valence-electron chi connectivity index (χ0n) is 11.7. The lowest BCUT2D eigenvalue weighted by Crippen LogP contribution is -2.24. The number of aromatic nitrogens is 1. The lowest BCUT2D eigenvalue weighted by Gasteiger charge is -2.14. The molecular weight excluding hydrogens is 284 g/mol. The fraction of sp³-hybridized carbons (Fsp3) is 0.267. The molecule has 0 atom stereocenters. The molecule has 21 heavy (non-hydrogen) atoms. The molecule has 1 amide bonds. The van der Waals surface area contributed by atoms with Crippen LogP contribution in [0.3, 0.4) is 0 Å². The summed E-state index contributed by atoms with van der Waals surface area (Å²) in [5, 5.41) is 13.5. The largest absolute Gasteiger partial charge is 0.326 e. The fourth-order valence-electron chi connectivity index (χ4n) is 1.82. The number of nitrogens with one attached hydrogen (secondary N) is 1. The van der Waals surface area contributed by atoms with Gasteiger partial charge in [-0.25, -0.2) is 4.98 Å². The standard InChI is InChI=1S/C15H16N4OS/c1-19(9-14-10-21-11-17-14)7-6-15(20)18-13-4-2-12(8-16)3-5-13/h2-5,10-11H,6-7,9H2,1H3,(H,18,20). The molecule has 5 nitrogen and oxygen atoms in total. The third-order valence-corrected chi connectivity index (χ3v) is 3.57. The van der Waals surface area contributed by atoms with Crippen molar-refractivity contribution in [1.82, 2.24) is 9.88 Å². The number of benzene rings is 1. The number of rotatable bonds is 6. The molecule has 1 aromatic heterocycles. The van der Waals surface area contributed by atoms with Crippen LogP contribution in [0.25, 0.3) is 0 Å². The van der Waals surface area contributed by atoms with E-state index >= 15 is 0 Å². The minimum atomic E-state index is -0.0372. The molecule has 0 unspecified atom stereocenters. The molecule has 6 heteroatoms. The molecule has 0 aliphatic rings. The number of nitriles is 1. The molecule has 1 aromatic carbocycles. The van der Waals surface area contributed by atoms with Crippen LogP contribution in [0.5, 0.6) is 0 Å². The van der Waals surface area contributed by atoms with Crippen LogP contribution in [-0.4, -0.2) is 29.4 Å². The predicted molar refractivity (Wildman–Crippen MR) is 82.9 cm³/mol. The summed E-state index contributed by atoms with van der Waals surface area (Å²) in [6.45, 7) is 1.41. The number of amides is 1. The van der Waals surface area contributed by atoms with E-state index in [0.717, 1.165) is 12.2 Å². The average molecular weight is 300 g/mol. The van der Waals surface area contributed by atoms with Gasteiger partial charge in [-0.05, 0) is 31.3 Å². The Bertz CT molecular complexity index is 616. The van der Waals surface area contributed by atoms with Gasteiger partial charge in [0.05, 0.1) is 22.8 Å². The van der Waals surface area contributed by atoms with Crippen LogP contribution < -0.4 is 5.32 Å². The Morgan fingerprint density at radius 3 is 2.81 bits per heavy atom. The van der Waals surface area contributed by atoms with Gasteiger partial charge in [-0.2, -0.15) is 5.26 Å². The third kappa shape index (κ3) is 4.99. The van der Waals surface area contributed by atoms with Crippen molar-refractivity contribution >= 4 is 22.9 Å². The minimum absolute atomic E-state index is 0.0372. The highest BCUT2D eigenvalue weighted by atomic mass is 32.1. The molecule has 0 aliphatic carbocycles. The Morgan fingerprint density at radius 1 is 1.43 bits per heavy atom. The summed E-state index contributed by atoms with van der Waals surface area (Å²) in [5.41, 5.74) is 4.12. The van der Waals surface area contributed by atoms with E-state index in [-0.39, 0.29) is 5.91 Å². The number of anilines is 1. The predicted octanol–water partition coefficient (Wildman–Crippen LogP) is 2.48.